The molecule has 5 nitrogen and oxygen atoms in total. The predicted octanol–water partition coefficient (Wildman–Crippen LogP) is 1.61. The van der Waals surface area contributed by atoms with Gasteiger partial charge in [0.1, 0.15) is 5.84 Å². The van der Waals surface area contributed by atoms with Crippen LogP contribution in [0.1, 0.15) is 46.0 Å². The molecule has 0 unspecified atom stereocenters. The van der Waals surface area contributed by atoms with Gasteiger partial charge in [-0.1, -0.05) is 5.16 Å². The van der Waals surface area contributed by atoms with E-state index >= 15 is 0 Å². The third-order valence-electron chi connectivity index (χ3n) is 4.14. The molecule has 0 aromatic rings. The van der Waals surface area contributed by atoms with E-state index in [1.165, 1.54) is 25.7 Å². The van der Waals surface area contributed by atoms with E-state index in [2.05, 4.69) is 36.3 Å². The van der Waals surface area contributed by atoms with Gasteiger partial charge in [0.2, 0.25) is 0 Å². The predicted molar refractivity (Wildman–Crippen MR) is 79.6 cm³/mol. The molecule has 0 amide bonds. The van der Waals surface area contributed by atoms with Crippen LogP contribution in [0, 0.1) is 5.41 Å². The van der Waals surface area contributed by atoms with Gasteiger partial charge in [0, 0.05) is 19.0 Å². The summed E-state index contributed by atoms with van der Waals surface area (Å²) >= 11 is 0. The second-order valence-electron chi connectivity index (χ2n) is 6.23. The van der Waals surface area contributed by atoms with Gasteiger partial charge in [0.05, 0.1) is 0 Å². The van der Waals surface area contributed by atoms with Crippen LogP contribution in [-0.2, 0) is 0 Å². The first-order chi connectivity index (χ1) is 8.99. The Hall–Kier alpha value is -0.810. The van der Waals surface area contributed by atoms with Crippen molar-refractivity contribution >= 4 is 5.84 Å². The lowest BCUT2D eigenvalue weighted by atomic mass is 10.0. The maximum atomic E-state index is 8.60. The van der Waals surface area contributed by atoms with E-state index in [-0.39, 0.29) is 5.41 Å². The summed E-state index contributed by atoms with van der Waals surface area (Å²) in [5.74, 6) is 0.359. The average molecular weight is 270 g/mol. The first kappa shape index (κ1) is 16.2. The maximum Gasteiger partial charge on any atom is 0.139 e. The number of hydrogen-bond donors (Lipinski definition) is 3. The second kappa shape index (κ2) is 7.70. The summed E-state index contributed by atoms with van der Waals surface area (Å²) in [6.45, 7) is 7.66. The standard InChI is InChI=1S/C14H30N4O/c1-12(2)18(3)9-5-4-8-16-11-14(6-7-14)10-13(15)17-19/h12,16,19H,4-11H2,1-3H3,(H2,15,17). The van der Waals surface area contributed by atoms with Gasteiger partial charge >= 0.3 is 0 Å². The quantitative estimate of drug-likeness (QED) is 0.185. The number of unbranched alkanes of at least 4 members (excludes halogenated alkanes) is 1. The molecule has 19 heavy (non-hydrogen) atoms. The zero-order chi connectivity index (χ0) is 14.3. The molecule has 0 spiro atoms. The highest BCUT2D eigenvalue weighted by Crippen LogP contribution is 2.48. The molecule has 0 radical (unpaired) electrons. The molecule has 0 atom stereocenters. The van der Waals surface area contributed by atoms with E-state index in [0.717, 1.165) is 19.6 Å². The molecule has 4 N–H and O–H groups in total. The normalized spacial score (nSPS) is 18.3. The maximum absolute atomic E-state index is 8.60. The molecule has 0 heterocycles. The highest BCUT2D eigenvalue weighted by molar-refractivity contribution is 5.80. The van der Waals surface area contributed by atoms with E-state index in [4.69, 9.17) is 10.9 Å². The van der Waals surface area contributed by atoms with Crippen molar-refractivity contribution in [3.05, 3.63) is 0 Å². The molecule has 1 aliphatic carbocycles. The fraction of sp³-hybridized carbons (Fsp3) is 0.929. The SMILES string of the molecule is CC(C)N(C)CCCCNCC1(CC(N)=NO)CC1. The summed E-state index contributed by atoms with van der Waals surface area (Å²) in [5.41, 5.74) is 5.85. The number of nitrogens with one attached hydrogen (secondary N) is 1. The van der Waals surface area contributed by atoms with E-state index in [1.54, 1.807) is 0 Å². The van der Waals surface area contributed by atoms with Gasteiger partial charge in [0.25, 0.3) is 0 Å². The molecule has 0 saturated heterocycles. The van der Waals surface area contributed by atoms with Crippen molar-refractivity contribution in [3.8, 4) is 0 Å². The van der Waals surface area contributed by atoms with Gasteiger partial charge in [-0.15, -0.1) is 0 Å². The topological polar surface area (TPSA) is 73.9 Å². The Morgan fingerprint density at radius 1 is 1.42 bits per heavy atom. The largest absolute Gasteiger partial charge is 0.409 e. The molecule has 0 bridgehead atoms. The first-order valence-corrected chi connectivity index (χ1v) is 7.36. The second-order valence-corrected chi connectivity index (χ2v) is 6.23. The number of amidine groups is 1. The molecular formula is C14H30N4O. The van der Waals surface area contributed by atoms with E-state index in [0.29, 0.717) is 18.3 Å². The number of nitrogens with two attached hydrogens (primary N) is 1. The summed E-state index contributed by atoms with van der Waals surface area (Å²) in [7, 11) is 2.17. The Kier molecular flexibility index (Phi) is 6.58. The van der Waals surface area contributed by atoms with Gasteiger partial charge in [0.15, 0.2) is 0 Å². The van der Waals surface area contributed by atoms with E-state index < -0.39 is 0 Å². The van der Waals surface area contributed by atoms with Crippen LogP contribution in [0.3, 0.4) is 0 Å². The average Bonchev–Trinajstić information content (AvgIpc) is 3.13. The fourth-order valence-corrected chi connectivity index (χ4v) is 2.24. The fourth-order valence-electron chi connectivity index (χ4n) is 2.24. The van der Waals surface area contributed by atoms with Gasteiger partial charge in [-0.05, 0) is 65.1 Å². The number of hydrogen-bond acceptors (Lipinski definition) is 4. The minimum atomic E-state index is 0.269. The summed E-state index contributed by atoms with van der Waals surface area (Å²) in [6, 6.07) is 0.628. The van der Waals surface area contributed by atoms with Crippen molar-refractivity contribution < 1.29 is 5.21 Å². The monoisotopic (exact) mass is 270 g/mol. The Bertz CT molecular complexity index is 287. The van der Waals surface area contributed by atoms with Crippen LogP contribution in [0.15, 0.2) is 5.16 Å². The zero-order valence-electron chi connectivity index (χ0n) is 12.7. The Labute approximate surface area is 117 Å². The van der Waals surface area contributed by atoms with Gasteiger partial charge < -0.3 is 21.2 Å². The highest BCUT2D eigenvalue weighted by Gasteiger charge is 2.42. The van der Waals surface area contributed by atoms with Crippen LogP contribution in [0.5, 0.6) is 0 Å². The minimum absolute atomic E-state index is 0.269. The van der Waals surface area contributed by atoms with Gasteiger partial charge in [-0.3, -0.25) is 0 Å². The molecule has 0 aliphatic heterocycles. The summed E-state index contributed by atoms with van der Waals surface area (Å²) in [5, 5.41) is 15.2. The van der Waals surface area contributed by atoms with Crippen molar-refractivity contribution in [2.75, 3.05) is 26.7 Å². The molecular weight excluding hydrogens is 240 g/mol. The summed E-state index contributed by atoms with van der Waals surface area (Å²) in [4.78, 5) is 2.38. The van der Waals surface area contributed by atoms with Crippen LogP contribution in [0.2, 0.25) is 0 Å². The number of oxime groups is 1. The summed E-state index contributed by atoms with van der Waals surface area (Å²) < 4.78 is 0. The lowest BCUT2D eigenvalue weighted by Gasteiger charge is -2.21. The van der Waals surface area contributed by atoms with Crippen molar-refractivity contribution in [2.24, 2.45) is 16.3 Å². The van der Waals surface area contributed by atoms with Crippen LogP contribution in [0.4, 0.5) is 0 Å². The zero-order valence-corrected chi connectivity index (χ0v) is 12.7. The molecule has 5 heteroatoms. The molecule has 1 saturated carbocycles. The van der Waals surface area contributed by atoms with Gasteiger partial charge in [-0.2, -0.15) is 0 Å². The Morgan fingerprint density at radius 2 is 2.11 bits per heavy atom. The number of nitrogens with zero attached hydrogens (tertiary/aromatic N) is 2. The summed E-state index contributed by atoms with van der Waals surface area (Å²) in [6.07, 6.45) is 5.52. The third-order valence-corrected chi connectivity index (χ3v) is 4.14. The smallest absolute Gasteiger partial charge is 0.139 e. The van der Waals surface area contributed by atoms with Crippen molar-refractivity contribution in [1.29, 1.82) is 0 Å². The Morgan fingerprint density at radius 3 is 2.63 bits per heavy atom. The number of rotatable bonds is 10. The molecule has 1 rings (SSSR count). The van der Waals surface area contributed by atoms with Gasteiger partial charge in [-0.25, -0.2) is 0 Å². The lowest BCUT2D eigenvalue weighted by molar-refractivity contribution is 0.267. The molecule has 1 fully saturated rings. The lowest BCUT2D eigenvalue weighted by Crippen LogP contribution is -2.30. The molecule has 0 aromatic carbocycles. The van der Waals surface area contributed by atoms with Crippen LogP contribution >= 0.6 is 0 Å². The molecule has 1 aliphatic rings. The van der Waals surface area contributed by atoms with Crippen molar-refractivity contribution in [3.63, 3.8) is 0 Å². The highest BCUT2D eigenvalue weighted by atomic mass is 16.4. The Balaban J connectivity index is 2.02. The minimum Gasteiger partial charge on any atom is -0.409 e. The van der Waals surface area contributed by atoms with Crippen molar-refractivity contribution in [1.82, 2.24) is 10.2 Å². The van der Waals surface area contributed by atoms with Crippen molar-refractivity contribution in [2.45, 2.75) is 52.0 Å². The van der Waals surface area contributed by atoms with Crippen LogP contribution in [0.25, 0.3) is 0 Å². The first-order valence-electron chi connectivity index (χ1n) is 7.36. The van der Waals surface area contributed by atoms with E-state index in [9.17, 15) is 0 Å². The third kappa shape index (κ3) is 6.25. The molecule has 0 aromatic heterocycles. The molecule has 112 valence electrons. The van der Waals surface area contributed by atoms with E-state index in [1.807, 2.05) is 0 Å². The van der Waals surface area contributed by atoms with Crippen LogP contribution in [-0.4, -0.2) is 48.7 Å². The van der Waals surface area contributed by atoms with Crippen LogP contribution < -0.4 is 11.1 Å².